The van der Waals surface area contributed by atoms with E-state index in [0.717, 1.165) is 5.56 Å². The van der Waals surface area contributed by atoms with Gasteiger partial charge in [0.25, 0.3) is 0 Å². The third-order valence-electron chi connectivity index (χ3n) is 2.32. The smallest absolute Gasteiger partial charge is 0.338 e. The van der Waals surface area contributed by atoms with Gasteiger partial charge in [0.1, 0.15) is 5.69 Å². The van der Waals surface area contributed by atoms with E-state index in [0.29, 0.717) is 5.69 Å². The molecule has 0 saturated heterocycles. The summed E-state index contributed by atoms with van der Waals surface area (Å²) < 4.78 is 40.8. The largest absolute Gasteiger partial charge is 0.450 e. The number of nitrogens with zero attached hydrogens (tertiary/aromatic N) is 3. The van der Waals surface area contributed by atoms with Gasteiger partial charge in [-0.2, -0.15) is 18.2 Å². The van der Waals surface area contributed by atoms with Crippen LogP contribution in [0.15, 0.2) is 22.9 Å². The third kappa shape index (κ3) is 2.95. The molecule has 0 N–H and O–H groups in total. The monoisotopic (exact) mass is 271 g/mol. The lowest BCUT2D eigenvalue weighted by molar-refractivity contribution is -0.170. The van der Waals surface area contributed by atoms with Crippen molar-refractivity contribution in [3.8, 4) is 11.5 Å². The van der Waals surface area contributed by atoms with Crippen molar-refractivity contribution in [1.82, 2.24) is 15.1 Å². The number of Topliss-reactive ketones (excluding diaryl/α,β-unsaturated/α-hetero) is 1. The molecule has 0 fully saturated rings. The summed E-state index contributed by atoms with van der Waals surface area (Å²) in [5.41, 5.74) is 1.15. The average Bonchev–Trinajstić information content (AvgIpc) is 2.76. The maximum Gasteiger partial charge on any atom is 0.450 e. The molecule has 2 aromatic heterocycles. The highest BCUT2D eigenvalue weighted by Gasteiger charge is 2.39. The lowest BCUT2D eigenvalue weighted by atomic mass is 10.2. The minimum absolute atomic E-state index is 0.0584. The number of alkyl halides is 3. The molecule has 2 heterocycles. The van der Waals surface area contributed by atoms with Crippen LogP contribution in [0.25, 0.3) is 11.5 Å². The van der Waals surface area contributed by atoms with E-state index >= 15 is 0 Å². The zero-order chi connectivity index (χ0) is 14.0. The number of carbonyl (C=O) groups is 1. The predicted octanol–water partition coefficient (Wildman–Crippen LogP) is 2.11. The van der Waals surface area contributed by atoms with Crippen molar-refractivity contribution >= 4 is 5.78 Å². The number of aryl methyl sites for hydroxylation is 1. The lowest BCUT2D eigenvalue weighted by Crippen LogP contribution is -2.24. The highest BCUT2D eigenvalue weighted by atomic mass is 19.4. The molecule has 0 aliphatic heterocycles. The van der Waals surface area contributed by atoms with E-state index in [9.17, 15) is 18.0 Å². The Morgan fingerprint density at radius 1 is 1.42 bits per heavy atom. The molecule has 2 rings (SSSR count). The van der Waals surface area contributed by atoms with Gasteiger partial charge in [-0.05, 0) is 18.6 Å². The summed E-state index contributed by atoms with van der Waals surface area (Å²) in [5, 5.41) is 3.51. The molecule has 0 saturated carbocycles. The van der Waals surface area contributed by atoms with E-state index in [1.807, 2.05) is 0 Å². The quantitative estimate of drug-likeness (QED) is 0.855. The van der Waals surface area contributed by atoms with Gasteiger partial charge in [0.2, 0.25) is 17.5 Å². The SMILES string of the molecule is Cc1cccnc1-c1noc(CC(=O)C(F)(F)F)n1. The Kier molecular flexibility index (Phi) is 3.32. The number of hydrogen-bond acceptors (Lipinski definition) is 5. The number of rotatable bonds is 3. The summed E-state index contributed by atoms with van der Waals surface area (Å²) in [6.45, 7) is 1.75. The topological polar surface area (TPSA) is 68.9 Å². The zero-order valence-corrected chi connectivity index (χ0v) is 9.73. The van der Waals surface area contributed by atoms with Crippen molar-refractivity contribution in [2.75, 3.05) is 0 Å². The first kappa shape index (κ1) is 13.2. The van der Waals surface area contributed by atoms with Crippen LogP contribution < -0.4 is 0 Å². The van der Waals surface area contributed by atoms with Gasteiger partial charge in [-0.25, -0.2) is 0 Å². The second-order valence-electron chi connectivity index (χ2n) is 3.78. The summed E-state index contributed by atoms with van der Waals surface area (Å²) in [5.74, 6) is -2.26. The summed E-state index contributed by atoms with van der Waals surface area (Å²) in [6.07, 6.45) is -4.38. The van der Waals surface area contributed by atoms with Gasteiger partial charge in [0, 0.05) is 6.20 Å². The Morgan fingerprint density at radius 3 is 2.79 bits per heavy atom. The fourth-order valence-electron chi connectivity index (χ4n) is 1.38. The number of halogens is 3. The van der Waals surface area contributed by atoms with Crippen LogP contribution in [0, 0.1) is 6.92 Å². The van der Waals surface area contributed by atoms with E-state index in [-0.39, 0.29) is 11.7 Å². The molecule has 5 nitrogen and oxygen atoms in total. The van der Waals surface area contributed by atoms with Gasteiger partial charge in [-0.3, -0.25) is 9.78 Å². The molecule has 2 aromatic rings. The molecular formula is C11H8F3N3O2. The van der Waals surface area contributed by atoms with E-state index in [4.69, 9.17) is 0 Å². The summed E-state index contributed by atoms with van der Waals surface area (Å²) in [4.78, 5) is 18.5. The molecule has 100 valence electrons. The summed E-state index contributed by atoms with van der Waals surface area (Å²) >= 11 is 0. The summed E-state index contributed by atoms with van der Waals surface area (Å²) in [7, 11) is 0. The van der Waals surface area contributed by atoms with Gasteiger partial charge in [-0.1, -0.05) is 11.2 Å². The van der Waals surface area contributed by atoms with E-state index < -0.39 is 18.4 Å². The van der Waals surface area contributed by atoms with Crippen LogP contribution >= 0.6 is 0 Å². The van der Waals surface area contributed by atoms with E-state index in [1.54, 1.807) is 19.1 Å². The maximum atomic E-state index is 12.1. The molecule has 0 atom stereocenters. The zero-order valence-electron chi connectivity index (χ0n) is 9.73. The normalized spacial score (nSPS) is 11.6. The van der Waals surface area contributed by atoms with Crippen molar-refractivity contribution in [2.45, 2.75) is 19.5 Å². The molecule has 0 unspecified atom stereocenters. The van der Waals surface area contributed by atoms with Gasteiger partial charge in [0.05, 0.1) is 6.42 Å². The van der Waals surface area contributed by atoms with Crippen molar-refractivity contribution in [2.24, 2.45) is 0 Å². The van der Waals surface area contributed by atoms with Gasteiger partial charge in [0.15, 0.2) is 0 Å². The molecule has 0 aliphatic rings. The lowest BCUT2D eigenvalue weighted by Gasteiger charge is -2.00. The van der Waals surface area contributed by atoms with E-state index in [2.05, 4.69) is 19.6 Å². The standard InChI is InChI=1S/C11H8F3N3O2/c1-6-3-2-4-15-9(6)10-16-8(19-17-10)5-7(18)11(12,13)14/h2-4H,5H2,1H3. The van der Waals surface area contributed by atoms with Crippen LogP contribution in [0.2, 0.25) is 0 Å². The highest BCUT2D eigenvalue weighted by Crippen LogP contribution is 2.20. The van der Waals surface area contributed by atoms with Crippen molar-refractivity contribution < 1.29 is 22.5 Å². The van der Waals surface area contributed by atoms with Crippen LogP contribution in [0.5, 0.6) is 0 Å². The van der Waals surface area contributed by atoms with Crippen LogP contribution in [0.4, 0.5) is 13.2 Å². The second kappa shape index (κ2) is 4.79. The molecule has 0 spiro atoms. The van der Waals surface area contributed by atoms with Crippen LogP contribution in [0.1, 0.15) is 11.5 Å². The van der Waals surface area contributed by atoms with Crippen molar-refractivity contribution in [3.63, 3.8) is 0 Å². The van der Waals surface area contributed by atoms with E-state index in [1.165, 1.54) is 6.20 Å². The van der Waals surface area contributed by atoms with Gasteiger partial charge >= 0.3 is 6.18 Å². The minimum atomic E-state index is -4.91. The molecule has 19 heavy (non-hydrogen) atoms. The Balaban J connectivity index is 2.21. The first-order valence-electron chi connectivity index (χ1n) is 5.22. The molecule has 0 amide bonds. The molecule has 0 bridgehead atoms. The number of hydrogen-bond donors (Lipinski definition) is 0. The fraction of sp³-hybridized carbons (Fsp3) is 0.273. The molecule has 0 aromatic carbocycles. The number of aromatic nitrogens is 3. The van der Waals surface area contributed by atoms with Crippen LogP contribution in [0.3, 0.4) is 0 Å². The van der Waals surface area contributed by atoms with Crippen LogP contribution in [-0.2, 0) is 11.2 Å². The minimum Gasteiger partial charge on any atom is -0.338 e. The predicted molar refractivity (Wildman–Crippen MR) is 57.0 cm³/mol. The number of ketones is 1. The number of pyridine rings is 1. The average molecular weight is 271 g/mol. The summed E-state index contributed by atoms with van der Waals surface area (Å²) in [6, 6.07) is 3.45. The Morgan fingerprint density at radius 2 is 2.16 bits per heavy atom. The van der Waals surface area contributed by atoms with Gasteiger partial charge < -0.3 is 4.52 Å². The first-order chi connectivity index (χ1) is 8.88. The molecular weight excluding hydrogens is 263 g/mol. The Bertz CT molecular complexity index is 607. The Labute approximate surface area is 105 Å². The Hall–Kier alpha value is -2.25. The third-order valence-corrected chi connectivity index (χ3v) is 2.32. The first-order valence-corrected chi connectivity index (χ1v) is 5.22. The van der Waals surface area contributed by atoms with Gasteiger partial charge in [-0.15, -0.1) is 0 Å². The molecule has 0 radical (unpaired) electrons. The van der Waals surface area contributed by atoms with Crippen molar-refractivity contribution in [3.05, 3.63) is 29.8 Å². The molecule has 0 aliphatic carbocycles. The second-order valence-corrected chi connectivity index (χ2v) is 3.78. The molecule has 8 heteroatoms. The van der Waals surface area contributed by atoms with Crippen molar-refractivity contribution in [1.29, 1.82) is 0 Å². The highest BCUT2D eigenvalue weighted by molar-refractivity contribution is 5.85. The maximum absolute atomic E-state index is 12.1. The fourth-order valence-corrected chi connectivity index (χ4v) is 1.38. The van der Waals surface area contributed by atoms with Crippen LogP contribution in [-0.4, -0.2) is 27.1 Å². The number of carbonyl (C=O) groups excluding carboxylic acids is 1.